The predicted octanol–water partition coefficient (Wildman–Crippen LogP) is 3.20. The summed E-state index contributed by atoms with van der Waals surface area (Å²) in [6, 6.07) is 10.7. The largest absolute Gasteiger partial charge is 0.495 e. The Morgan fingerprint density at radius 1 is 1.09 bits per heavy atom. The van der Waals surface area contributed by atoms with Crippen molar-refractivity contribution in [2.45, 2.75) is 32.7 Å². The van der Waals surface area contributed by atoms with Gasteiger partial charge < -0.3 is 20.3 Å². The second kappa shape index (κ2) is 9.67. The van der Waals surface area contributed by atoms with Crippen LogP contribution in [0.15, 0.2) is 36.4 Å². The van der Waals surface area contributed by atoms with Gasteiger partial charge in [-0.2, -0.15) is 0 Å². The van der Waals surface area contributed by atoms with Gasteiger partial charge in [-0.05, 0) is 62.1 Å². The predicted molar refractivity (Wildman–Crippen MR) is 122 cm³/mol. The summed E-state index contributed by atoms with van der Waals surface area (Å²) in [5, 5.41) is 14.0. The van der Waals surface area contributed by atoms with E-state index in [1.807, 2.05) is 42.2 Å². The first-order chi connectivity index (χ1) is 15.5. The maximum Gasteiger partial charge on any atom is 0.319 e. The van der Waals surface area contributed by atoms with Crippen LogP contribution < -0.4 is 15.4 Å². The minimum Gasteiger partial charge on any atom is -0.495 e. The molecule has 0 atom stereocenters. The summed E-state index contributed by atoms with van der Waals surface area (Å²) in [6.07, 6.45) is 3.30. The zero-order valence-corrected chi connectivity index (χ0v) is 18.4. The molecule has 1 aromatic heterocycles. The number of ether oxygens (including phenoxy) is 1. The van der Waals surface area contributed by atoms with E-state index in [4.69, 9.17) is 4.74 Å². The van der Waals surface area contributed by atoms with Crippen LogP contribution in [0.5, 0.6) is 5.75 Å². The molecule has 0 radical (unpaired) electrons. The fraction of sp³-hybridized carbons (Fsp3) is 0.391. The highest BCUT2D eigenvalue weighted by Gasteiger charge is 2.19. The van der Waals surface area contributed by atoms with Crippen LogP contribution in [0.1, 0.15) is 35.2 Å². The Labute approximate surface area is 186 Å². The highest BCUT2D eigenvalue weighted by atomic mass is 16.5. The minimum atomic E-state index is -0.326. The van der Waals surface area contributed by atoms with Gasteiger partial charge >= 0.3 is 6.03 Å². The summed E-state index contributed by atoms with van der Waals surface area (Å²) < 4.78 is 7.01. The number of aryl methyl sites for hydroxylation is 1. The molecule has 1 aliphatic rings. The number of fused-ring (bicyclic) bond motifs is 1. The van der Waals surface area contributed by atoms with Crippen molar-refractivity contribution in [2.75, 3.05) is 32.1 Å². The maximum atomic E-state index is 12.7. The Morgan fingerprint density at radius 2 is 1.91 bits per heavy atom. The number of rotatable bonds is 6. The molecule has 3 aromatic rings. The van der Waals surface area contributed by atoms with E-state index >= 15 is 0 Å². The van der Waals surface area contributed by atoms with E-state index in [0.29, 0.717) is 35.6 Å². The third-order valence-corrected chi connectivity index (χ3v) is 5.62. The molecule has 0 spiro atoms. The molecule has 9 nitrogen and oxygen atoms in total. The normalized spacial score (nSPS) is 13.8. The van der Waals surface area contributed by atoms with E-state index in [0.717, 1.165) is 37.0 Å². The van der Waals surface area contributed by atoms with E-state index in [9.17, 15) is 9.59 Å². The third kappa shape index (κ3) is 4.82. The number of urea groups is 1. The van der Waals surface area contributed by atoms with Crippen molar-refractivity contribution in [3.8, 4) is 5.75 Å². The Kier molecular flexibility index (Phi) is 6.53. The molecule has 0 aliphatic carbocycles. The lowest BCUT2D eigenvalue weighted by Gasteiger charge is -2.26. The molecule has 0 bridgehead atoms. The topological polar surface area (TPSA) is 101 Å². The zero-order chi connectivity index (χ0) is 22.5. The van der Waals surface area contributed by atoms with Gasteiger partial charge in [-0.25, -0.2) is 9.48 Å². The van der Waals surface area contributed by atoms with Crippen molar-refractivity contribution < 1.29 is 14.3 Å². The number of methoxy groups -OCH3 is 1. The second-order valence-electron chi connectivity index (χ2n) is 7.95. The first-order valence-electron chi connectivity index (χ1n) is 10.9. The van der Waals surface area contributed by atoms with Crippen molar-refractivity contribution >= 4 is 28.7 Å². The summed E-state index contributed by atoms with van der Waals surface area (Å²) in [5.74, 6) is 0.647. The molecule has 2 N–H and O–H groups in total. The monoisotopic (exact) mass is 436 g/mol. The average molecular weight is 437 g/mol. The highest BCUT2D eigenvalue weighted by Crippen LogP contribution is 2.25. The number of amides is 3. The van der Waals surface area contributed by atoms with Crippen molar-refractivity contribution in [2.24, 2.45) is 0 Å². The van der Waals surface area contributed by atoms with Crippen LogP contribution >= 0.6 is 0 Å². The van der Waals surface area contributed by atoms with Crippen LogP contribution in [0.2, 0.25) is 0 Å². The first-order valence-corrected chi connectivity index (χ1v) is 10.9. The summed E-state index contributed by atoms with van der Waals surface area (Å²) in [5.41, 5.74) is 3.76. The summed E-state index contributed by atoms with van der Waals surface area (Å²) >= 11 is 0. The molecule has 0 saturated carbocycles. The molecule has 2 heterocycles. The van der Waals surface area contributed by atoms with E-state index in [1.165, 1.54) is 6.42 Å². The number of hydrogen-bond donors (Lipinski definition) is 2. The molecule has 168 valence electrons. The van der Waals surface area contributed by atoms with Gasteiger partial charge in [0.05, 0.1) is 24.9 Å². The Morgan fingerprint density at radius 3 is 2.69 bits per heavy atom. The molecule has 3 amide bonds. The molecule has 4 rings (SSSR count). The lowest BCUT2D eigenvalue weighted by Crippen LogP contribution is -2.35. The lowest BCUT2D eigenvalue weighted by molar-refractivity contribution is 0.0724. The molecular formula is C23H28N6O3. The smallest absolute Gasteiger partial charge is 0.319 e. The number of nitrogens with one attached hydrogen (secondary N) is 2. The summed E-state index contributed by atoms with van der Waals surface area (Å²) in [4.78, 5) is 26.9. The fourth-order valence-electron chi connectivity index (χ4n) is 3.91. The van der Waals surface area contributed by atoms with E-state index < -0.39 is 0 Å². The van der Waals surface area contributed by atoms with Crippen molar-refractivity contribution in [3.63, 3.8) is 0 Å². The number of aromatic nitrogens is 3. The average Bonchev–Trinajstić information content (AvgIpc) is 3.21. The lowest BCUT2D eigenvalue weighted by atomic mass is 10.1. The molecule has 32 heavy (non-hydrogen) atoms. The highest BCUT2D eigenvalue weighted by molar-refractivity contribution is 5.97. The third-order valence-electron chi connectivity index (χ3n) is 5.62. The van der Waals surface area contributed by atoms with Gasteiger partial charge in [-0.3, -0.25) is 4.79 Å². The molecule has 0 unspecified atom stereocenters. The number of anilines is 1. The summed E-state index contributed by atoms with van der Waals surface area (Å²) in [7, 11) is 1.56. The molecule has 1 fully saturated rings. The minimum absolute atomic E-state index is 0.0473. The number of piperidine rings is 1. The Hall–Kier alpha value is -3.62. The number of carbonyl (C=O) groups is 2. The van der Waals surface area contributed by atoms with Crippen molar-refractivity contribution in [1.82, 2.24) is 25.2 Å². The number of hydrogen-bond acceptors (Lipinski definition) is 5. The van der Waals surface area contributed by atoms with Gasteiger partial charge in [-0.1, -0.05) is 11.3 Å². The van der Waals surface area contributed by atoms with Crippen LogP contribution in [0, 0.1) is 6.92 Å². The van der Waals surface area contributed by atoms with Crippen molar-refractivity contribution in [1.29, 1.82) is 0 Å². The van der Waals surface area contributed by atoms with Gasteiger partial charge in [0.15, 0.2) is 0 Å². The van der Waals surface area contributed by atoms with Gasteiger partial charge in [0.1, 0.15) is 11.3 Å². The first kappa shape index (κ1) is 21.6. The van der Waals surface area contributed by atoms with E-state index in [-0.39, 0.29) is 11.9 Å². The molecule has 1 saturated heterocycles. The van der Waals surface area contributed by atoms with E-state index in [2.05, 4.69) is 20.9 Å². The number of nitrogens with zero attached hydrogens (tertiary/aromatic N) is 4. The van der Waals surface area contributed by atoms with Gasteiger partial charge in [0.25, 0.3) is 5.91 Å². The molecular weight excluding hydrogens is 408 g/mol. The maximum absolute atomic E-state index is 12.7. The zero-order valence-electron chi connectivity index (χ0n) is 18.4. The van der Waals surface area contributed by atoms with Crippen molar-refractivity contribution in [3.05, 3.63) is 47.5 Å². The van der Waals surface area contributed by atoms with Gasteiger partial charge in [-0.15, -0.1) is 5.10 Å². The SMILES string of the molecule is COc1ccc(C)cc1NC(=O)NCCn1nnc2cc(C(=O)N3CCCCC3)ccc21. The molecule has 9 heteroatoms. The quantitative estimate of drug-likeness (QED) is 0.618. The number of benzene rings is 2. The molecule has 2 aromatic carbocycles. The Bertz CT molecular complexity index is 1120. The number of carbonyl (C=O) groups excluding carboxylic acids is 2. The van der Waals surface area contributed by atoms with E-state index in [1.54, 1.807) is 17.9 Å². The van der Waals surface area contributed by atoms with Gasteiger partial charge in [0, 0.05) is 25.2 Å². The van der Waals surface area contributed by atoms with Gasteiger partial charge in [0.2, 0.25) is 0 Å². The fourth-order valence-corrected chi connectivity index (χ4v) is 3.91. The summed E-state index contributed by atoms with van der Waals surface area (Å²) in [6.45, 7) is 4.39. The second-order valence-corrected chi connectivity index (χ2v) is 7.95. The van der Waals surface area contributed by atoms with Crippen LogP contribution in [0.4, 0.5) is 10.5 Å². The van der Waals surface area contributed by atoms with Crippen LogP contribution in [0.3, 0.4) is 0 Å². The molecule has 1 aliphatic heterocycles. The van der Waals surface area contributed by atoms with Crippen LogP contribution in [-0.4, -0.2) is 58.6 Å². The standard InChI is InChI=1S/C23H28N6O3/c1-16-6-9-21(32-2)19(14-16)25-23(31)24-10-13-29-20-8-7-17(15-18(20)26-27-29)22(30)28-11-4-3-5-12-28/h6-9,14-15H,3-5,10-13H2,1-2H3,(H2,24,25,31). The van der Waals surface area contributed by atoms with Crippen LogP contribution in [-0.2, 0) is 6.54 Å². The Balaban J connectivity index is 1.35. The number of likely N-dealkylation sites (tertiary alicyclic amines) is 1. The van der Waals surface area contributed by atoms with Crippen LogP contribution in [0.25, 0.3) is 11.0 Å².